The molecule has 0 N–H and O–H groups in total. The van der Waals surface area contributed by atoms with Crippen LogP contribution >= 0.6 is 11.3 Å². The third-order valence-corrected chi connectivity index (χ3v) is 5.68. The molecule has 23 heavy (non-hydrogen) atoms. The van der Waals surface area contributed by atoms with Gasteiger partial charge in [0.1, 0.15) is 0 Å². The molecular formula is C17H21N3O2S. The first-order valence-corrected chi connectivity index (χ1v) is 9.38. The summed E-state index contributed by atoms with van der Waals surface area (Å²) in [6.45, 7) is 1.75. The van der Waals surface area contributed by atoms with Crippen molar-refractivity contribution in [3.8, 4) is 11.4 Å². The largest absolute Gasteiger partial charge is 0.342 e. The van der Waals surface area contributed by atoms with Gasteiger partial charge in [-0.2, -0.15) is 16.3 Å². The van der Waals surface area contributed by atoms with Crippen molar-refractivity contribution in [1.82, 2.24) is 15.0 Å². The summed E-state index contributed by atoms with van der Waals surface area (Å²) in [5.74, 6) is 2.45. The topological polar surface area (TPSA) is 59.2 Å². The van der Waals surface area contributed by atoms with Gasteiger partial charge in [0.2, 0.25) is 17.6 Å². The van der Waals surface area contributed by atoms with Gasteiger partial charge in [0.25, 0.3) is 0 Å². The van der Waals surface area contributed by atoms with Crippen LogP contribution in [-0.2, 0) is 11.2 Å². The first kappa shape index (κ1) is 14.9. The van der Waals surface area contributed by atoms with Crippen molar-refractivity contribution in [3.63, 3.8) is 0 Å². The van der Waals surface area contributed by atoms with E-state index >= 15 is 0 Å². The van der Waals surface area contributed by atoms with Crippen molar-refractivity contribution < 1.29 is 9.32 Å². The number of nitrogens with zero attached hydrogens (tertiary/aromatic N) is 3. The maximum Gasteiger partial charge on any atom is 0.227 e. The molecule has 3 heterocycles. The van der Waals surface area contributed by atoms with E-state index in [4.69, 9.17) is 4.52 Å². The molecule has 4 rings (SSSR count). The lowest BCUT2D eigenvalue weighted by atomic mass is 9.83. The normalized spacial score (nSPS) is 22.1. The summed E-state index contributed by atoms with van der Waals surface area (Å²) in [6, 6.07) is 2.00. The minimum atomic E-state index is 0.294. The van der Waals surface area contributed by atoms with Crippen LogP contribution in [0.5, 0.6) is 0 Å². The molecule has 0 radical (unpaired) electrons. The fourth-order valence-electron chi connectivity index (χ4n) is 3.44. The van der Waals surface area contributed by atoms with Gasteiger partial charge in [0.05, 0.1) is 0 Å². The molecule has 0 spiro atoms. The fourth-order valence-corrected chi connectivity index (χ4v) is 4.07. The maximum absolute atomic E-state index is 12.4. The Hall–Kier alpha value is -1.69. The lowest BCUT2D eigenvalue weighted by molar-refractivity contribution is -0.140. The van der Waals surface area contributed by atoms with E-state index in [9.17, 15) is 4.79 Å². The van der Waals surface area contributed by atoms with Crippen molar-refractivity contribution in [2.45, 2.75) is 38.5 Å². The molecule has 1 saturated carbocycles. The predicted octanol–water partition coefficient (Wildman–Crippen LogP) is 3.38. The van der Waals surface area contributed by atoms with Gasteiger partial charge in [0.15, 0.2) is 0 Å². The Bertz CT molecular complexity index is 663. The van der Waals surface area contributed by atoms with Crippen LogP contribution in [0.15, 0.2) is 21.3 Å². The molecule has 1 amide bonds. The molecule has 122 valence electrons. The third kappa shape index (κ3) is 3.17. The first-order valence-electron chi connectivity index (χ1n) is 8.43. The molecule has 2 fully saturated rings. The minimum Gasteiger partial charge on any atom is -0.342 e. The summed E-state index contributed by atoms with van der Waals surface area (Å²) >= 11 is 1.63. The fraction of sp³-hybridized carbons (Fsp3) is 0.588. The van der Waals surface area contributed by atoms with Crippen LogP contribution in [0.3, 0.4) is 0 Å². The van der Waals surface area contributed by atoms with Gasteiger partial charge >= 0.3 is 0 Å². The molecule has 2 aliphatic rings. The molecule has 1 saturated heterocycles. The van der Waals surface area contributed by atoms with Crippen LogP contribution in [0.1, 0.15) is 38.0 Å². The van der Waals surface area contributed by atoms with Crippen LogP contribution in [-0.4, -0.2) is 34.0 Å². The number of carbonyl (C=O) groups excluding carboxylic acids is 1. The molecule has 1 unspecified atom stereocenters. The number of aromatic nitrogens is 2. The smallest absolute Gasteiger partial charge is 0.227 e. The third-order valence-electron chi connectivity index (χ3n) is 5.00. The number of piperidine rings is 1. The summed E-state index contributed by atoms with van der Waals surface area (Å²) < 4.78 is 5.41. The van der Waals surface area contributed by atoms with Crippen LogP contribution in [0.25, 0.3) is 11.4 Å². The molecule has 1 atom stereocenters. The van der Waals surface area contributed by atoms with E-state index in [1.807, 2.05) is 16.8 Å². The van der Waals surface area contributed by atoms with Gasteiger partial charge in [-0.1, -0.05) is 11.6 Å². The number of hydrogen-bond donors (Lipinski definition) is 0. The lowest BCUT2D eigenvalue weighted by Gasteiger charge is -2.37. The predicted molar refractivity (Wildman–Crippen MR) is 88.0 cm³/mol. The van der Waals surface area contributed by atoms with Gasteiger partial charge in [-0.05, 0) is 43.0 Å². The summed E-state index contributed by atoms with van der Waals surface area (Å²) in [5, 5.41) is 8.10. The Morgan fingerprint density at radius 2 is 2.26 bits per heavy atom. The Morgan fingerprint density at radius 1 is 1.35 bits per heavy atom. The van der Waals surface area contributed by atoms with Gasteiger partial charge in [-0.3, -0.25) is 4.79 Å². The molecule has 0 bridgehead atoms. The van der Waals surface area contributed by atoms with Crippen molar-refractivity contribution in [2.24, 2.45) is 11.8 Å². The van der Waals surface area contributed by atoms with E-state index in [1.54, 1.807) is 11.3 Å². The van der Waals surface area contributed by atoms with Crippen molar-refractivity contribution in [1.29, 1.82) is 0 Å². The van der Waals surface area contributed by atoms with E-state index in [1.165, 1.54) is 6.42 Å². The number of likely N-dealkylation sites (tertiary alicyclic amines) is 1. The Balaban J connectivity index is 1.37. The van der Waals surface area contributed by atoms with Crippen molar-refractivity contribution in [2.75, 3.05) is 13.1 Å². The zero-order valence-corrected chi connectivity index (χ0v) is 13.9. The Morgan fingerprint density at radius 3 is 3.00 bits per heavy atom. The molecule has 2 aromatic heterocycles. The van der Waals surface area contributed by atoms with Gasteiger partial charge < -0.3 is 9.42 Å². The van der Waals surface area contributed by atoms with E-state index in [0.717, 1.165) is 50.8 Å². The molecular weight excluding hydrogens is 310 g/mol. The summed E-state index contributed by atoms with van der Waals surface area (Å²) in [4.78, 5) is 19.0. The highest BCUT2D eigenvalue weighted by molar-refractivity contribution is 7.08. The van der Waals surface area contributed by atoms with Crippen molar-refractivity contribution in [3.05, 3.63) is 22.7 Å². The number of rotatable bonds is 4. The summed E-state index contributed by atoms with van der Waals surface area (Å²) in [7, 11) is 0. The molecule has 5 nitrogen and oxygen atoms in total. The molecule has 1 aliphatic carbocycles. The first-order chi connectivity index (χ1) is 11.3. The second kappa shape index (κ2) is 6.43. The minimum absolute atomic E-state index is 0.294. The number of amides is 1. The second-order valence-corrected chi connectivity index (χ2v) is 7.43. The highest BCUT2D eigenvalue weighted by Crippen LogP contribution is 2.30. The van der Waals surface area contributed by atoms with Gasteiger partial charge in [0, 0.05) is 36.4 Å². The monoisotopic (exact) mass is 331 g/mol. The summed E-state index contributed by atoms with van der Waals surface area (Å²) in [5.41, 5.74) is 1.01. The molecule has 0 aromatic carbocycles. The van der Waals surface area contributed by atoms with Crippen LogP contribution in [0.4, 0.5) is 0 Å². The number of thiophene rings is 1. The van der Waals surface area contributed by atoms with E-state index in [0.29, 0.717) is 29.5 Å². The molecule has 2 aromatic rings. The number of hydrogen-bond acceptors (Lipinski definition) is 5. The van der Waals surface area contributed by atoms with E-state index < -0.39 is 0 Å². The van der Waals surface area contributed by atoms with Crippen LogP contribution in [0.2, 0.25) is 0 Å². The van der Waals surface area contributed by atoms with Gasteiger partial charge in [-0.25, -0.2) is 0 Å². The average Bonchev–Trinajstić information content (AvgIpc) is 3.16. The molecule has 1 aliphatic heterocycles. The highest BCUT2D eigenvalue weighted by Gasteiger charge is 2.32. The quantitative estimate of drug-likeness (QED) is 0.862. The zero-order chi connectivity index (χ0) is 15.6. The average molecular weight is 331 g/mol. The van der Waals surface area contributed by atoms with Crippen LogP contribution < -0.4 is 0 Å². The zero-order valence-electron chi connectivity index (χ0n) is 13.1. The van der Waals surface area contributed by atoms with Crippen LogP contribution in [0, 0.1) is 11.8 Å². The SMILES string of the molecule is O=C(C1CCC1)N1CCCC(Cc2nc(-c3ccsc3)no2)C1. The maximum atomic E-state index is 12.4. The lowest BCUT2D eigenvalue weighted by Crippen LogP contribution is -2.45. The standard InChI is InChI=1S/C17H21N3O2S/c21-17(13-4-1-5-13)20-7-2-3-12(10-20)9-15-18-16(19-22-15)14-6-8-23-11-14/h6,8,11-13H,1-5,7,9-10H2. The highest BCUT2D eigenvalue weighted by atomic mass is 32.1. The second-order valence-electron chi connectivity index (χ2n) is 6.65. The van der Waals surface area contributed by atoms with E-state index in [-0.39, 0.29) is 0 Å². The summed E-state index contributed by atoms with van der Waals surface area (Å²) in [6.07, 6.45) is 6.34. The number of carbonyl (C=O) groups is 1. The Labute approximate surface area is 139 Å². The molecule has 6 heteroatoms. The van der Waals surface area contributed by atoms with E-state index in [2.05, 4.69) is 15.0 Å². The van der Waals surface area contributed by atoms with Gasteiger partial charge in [-0.15, -0.1) is 0 Å². The van der Waals surface area contributed by atoms with Crippen molar-refractivity contribution >= 4 is 17.2 Å². The Kier molecular flexibility index (Phi) is 4.16.